The van der Waals surface area contributed by atoms with Crippen molar-refractivity contribution in [3.05, 3.63) is 117 Å². The third-order valence-corrected chi connectivity index (χ3v) is 15.0. The lowest BCUT2D eigenvalue weighted by Crippen LogP contribution is -2.44. The van der Waals surface area contributed by atoms with E-state index in [2.05, 4.69) is 88.4 Å². The summed E-state index contributed by atoms with van der Waals surface area (Å²) in [4.78, 5) is 2.99. The van der Waals surface area contributed by atoms with E-state index in [0.717, 1.165) is 76.2 Å². The summed E-state index contributed by atoms with van der Waals surface area (Å²) in [6.45, 7) is 0. The largest absolute Gasteiger partial charge is 0.364 e. The fraction of sp³-hybridized carbons (Fsp3) is 0.520. The molecule has 10 rings (SSSR count). The highest BCUT2D eigenvalue weighted by atomic mass is 15.2. The third kappa shape index (κ3) is 5.83. The van der Waals surface area contributed by atoms with Crippen molar-refractivity contribution in [3.63, 3.8) is 0 Å². The van der Waals surface area contributed by atoms with E-state index in [1.165, 1.54) is 85.2 Å². The second kappa shape index (κ2) is 14.4. The Hall–Kier alpha value is -4.28. The Kier molecular flexibility index (Phi) is 9.14. The van der Waals surface area contributed by atoms with E-state index in [-0.39, 0.29) is 5.92 Å². The van der Waals surface area contributed by atoms with E-state index < -0.39 is 0 Å². The van der Waals surface area contributed by atoms with E-state index in [1.807, 2.05) is 0 Å². The summed E-state index contributed by atoms with van der Waals surface area (Å²) >= 11 is 0. The van der Waals surface area contributed by atoms with Crippen molar-refractivity contribution in [1.29, 1.82) is 10.5 Å². The Balaban J connectivity index is 1.09. The summed E-state index contributed by atoms with van der Waals surface area (Å²) < 4.78 is 2.70. The Labute approximate surface area is 323 Å². The number of aromatic nitrogens is 1. The van der Waals surface area contributed by atoms with Crippen LogP contribution in [0, 0.1) is 52.3 Å². The van der Waals surface area contributed by atoms with Crippen LogP contribution in [0.15, 0.2) is 94.3 Å². The smallest absolute Gasteiger partial charge is 0.0988 e. The van der Waals surface area contributed by atoms with Crippen LogP contribution in [0.2, 0.25) is 0 Å². The first-order valence-corrected chi connectivity index (χ1v) is 21.8. The maximum atomic E-state index is 10.0. The van der Waals surface area contributed by atoms with E-state index >= 15 is 0 Å². The number of fused-ring (bicyclic) bond motifs is 5. The first-order valence-electron chi connectivity index (χ1n) is 21.8. The zero-order valence-corrected chi connectivity index (χ0v) is 32.1. The minimum Gasteiger partial charge on any atom is -0.364 e. The molecule has 0 aromatic carbocycles. The molecule has 1 fully saturated rings. The van der Waals surface area contributed by atoms with Crippen molar-refractivity contribution in [2.75, 3.05) is 0 Å². The second-order valence-corrected chi connectivity index (χ2v) is 17.8. The standard InChI is InChI=1S/C50H56N4/c51-31-33-12-11-13-35(26-33)39-14-1-3-16-41(39)42-17-4-2-15-40(42)36-28-37(53-47-21-8-5-18-43(47)44-19-6-9-22-48(44)53)30-38(29-36)54-49-23-10-7-20-45(49)46-27-34(32-52)24-25-50(46)54/h4-5,10,12,14,17-18,23,26,29-30,34,37,40-42,44,48H,1-3,6-9,11,13,15-16,19-22,24-25,27-28H2. The predicted molar refractivity (Wildman–Crippen MR) is 218 cm³/mol. The lowest BCUT2D eigenvalue weighted by atomic mass is 9.64. The predicted octanol–water partition coefficient (Wildman–Crippen LogP) is 11.6. The molecule has 7 atom stereocenters. The van der Waals surface area contributed by atoms with Crippen molar-refractivity contribution in [2.45, 2.75) is 134 Å². The van der Waals surface area contributed by atoms with E-state index in [1.54, 1.807) is 22.4 Å². The van der Waals surface area contributed by atoms with Crippen LogP contribution in [-0.4, -0.2) is 21.6 Å². The van der Waals surface area contributed by atoms with Gasteiger partial charge in [-0.1, -0.05) is 60.9 Å². The Morgan fingerprint density at radius 1 is 0.704 bits per heavy atom. The van der Waals surface area contributed by atoms with Gasteiger partial charge in [-0.15, -0.1) is 0 Å². The highest BCUT2D eigenvalue weighted by molar-refractivity contribution is 5.72. The first-order chi connectivity index (χ1) is 26.7. The number of allylic oxidation sites excluding steroid dienone is 14. The van der Waals surface area contributed by atoms with Gasteiger partial charge in [0.05, 0.1) is 24.1 Å². The molecule has 2 heterocycles. The van der Waals surface area contributed by atoms with Crippen LogP contribution >= 0.6 is 0 Å². The third-order valence-electron chi connectivity index (χ3n) is 15.0. The van der Waals surface area contributed by atoms with Gasteiger partial charge >= 0.3 is 0 Å². The number of nitrogens with zero attached hydrogens (tertiary/aromatic N) is 4. The molecule has 0 radical (unpaired) electrons. The summed E-state index contributed by atoms with van der Waals surface area (Å²) in [6, 6.07) is 6.09. The minimum atomic E-state index is 0.131. The van der Waals surface area contributed by atoms with Crippen LogP contribution in [0.1, 0.15) is 125 Å². The monoisotopic (exact) mass is 712 g/mol. The van der Waals surface area contributed by atoms with Crippen LogP contribution < -0.4 is 0 Å². The average molecular weight is 713 g/mol. The van der Waals surface area contributed by atoms with Crippen LogP contribution in [-0.2, 0) is 19.3 Å². The molecule has 54 heavy (non-hydrogen) atoms. The van der Waals surface area contributed by atoms with Crippen molar-refractivity contribution < 1.29 is 0 Å². The normalized spacial score (nSPS) is 32.9. The number of hydrogen-bond donors (Lipinski definition) is 0. The summed E-state index contributed by atoms with van der Waals surface area (Å²) in [6.07, 6.45) is 49.1. The Morgan fingerprint density at radius 2 is 1.59 bits per heavy atom. The van der Waals surface area contributed by atoms with Gasteiger partial charge in [0.2, 0.25) is 0 Å². The topological polar surface area (TPSA) is 55.8 Å². The molecule has 8 aliphatic carbocycles. The van der Waals surface area contributed by atoms with Gasteiger partial charge in [0.15, 0.2) is 0 Å². The lowest BCUT2D eigenvalue weighted by Gasteiger charge is -2.44. The molecule has 276 valence electrons. The molecular formula is C50H56N4. The number of nitriles is 2. The molecule has 1 aromatic rings. The molecule has 7 unspecified atom stereocenters. The summed E-state index contributed by atoms with van der Waals surface area (Å²) in [7, 11) is 0. The van der Waals surface area contributed by atoms with Crippen LogP contribution in [0.4, 0.5) is 0 Å². The van der Waals surface area contributed by atoms with Crippen LogP contribution in [0.3, 0.4) is 0 Å². The lowest BCUT2D eigenvalue weighted by molar-refractivity contribution is 0.154. The maximum Gasteiger partial charge on any atom is 0.0988 e. The fourth-order valence-electron chi connectivity index (χ4n) is 12.7. The second-order valence-electron chi connectivity index (χ2n) is 17.8. The molecule has 4 heteroatoms. The van der Waals surface area contributed by atoms with Crippen molar-refractivity contribution in [2.24, 2.45) is 29.6 Å². The maximum absolute atomic E-state index is 10.0. The van der Waals surface area contributed by atoms with E-state index in [4.69, 9.17) is 0 Å². The molecular weight excluding hydrogens is 657 g/mol. The minimum absolute atomic E-state index is 0.131. The molecule has 0 spiro atoms. The summed E-state index contributed by atoms with van der Waals surface area (Å²) in [5, 5.41) is 19.9. The van der Waals surface area contributed by atoms with E-state index in [0.29, 0.717) is 35.8 Å². The average Bonchev–Trinajstić information content (AvgIpc) is 3.76. The first kappa shape index (κ1) is 34.2. The summed E-state index contributed by atoms with van der Waals surface area (Å²) in [5.41, 5.74) is 16.1. The molecule has 4 nitrogen and oxygen atoms in total. The van der Waals surface area contributed by atoms with Gasteiger partial charge in [-0.25, -0.2) is 0 Å². The molecule has 0 bridgehead atoms. The molecule has 1 aliphatic heterocycles. The fourth-order valence-corrected chi connectivity index (χ4v) is 12.7. The van der Waals surface area contributed by atoms with Gasteiger partial charge in [-0.2, -0.15) is 10.5 Å². The van der Waals surface area contributed by atoms with Crippen LogP contribution in [0.5, 0.6) is 0 Å². The van der Waals surface area contributed by atoms with Gasteiger partial charge in [0, 0.05) is 40.3 Å². The van der Waals surface area contributed by atoms with Gasteiger partial charge in [-0.05, 0) is 179 Å². The van der Waals surface area contributed by atoms with Crippen molar-refractivity contribution in [1.82, 2.24) is 9.47 Å². The molecule has 0 N–H and O–H groups in total. The SMILES string of the molecule is N#CC1=CCCC(C2=CCCCC2C2C=CCCC2C2=CC(n3c4c(c5c3CCC(C#N)C5)CCC=C4)=CC(N3C4=C(C=CCC4)C4CCCCC43)C2)=C1. The van der Waals surface area contributed by atoms with Gasteiger partial charge in [0.1, 0.15) is 0 Å². The van der Waals surface area contributed by atoms with Gasteiger partial charge in [-0.3, -0.25) is 0 Å². The van der Waals surface area contributed by atoms with Crippen LogP contribution in [0.25, 0.3) is 11.8 Å². The van der Waals surface area contributed by atoms with Gasteiger partial charge in [0.25, 0.3) is 0 Å². The Morgan fingerprint density at radius 3 is 2.52 bits per heavy atom. The molecule has 0 amide bonds. The van der Waals surface area contributed by atoms with E-state index in [9.17, 15) is 10.5 Å². The van der Waals surface area contributed by atoms with Crippen molar-refractivity contribution in [3.8, 4) is 12.1 Å². The zero-order chi connectivity index (χ0) is 36.2. The Bertz CT molecular complexity index is 2090. The highest BCUT2D eigenvalue weighted by Gasteiger charge is 2.45. The molecule has 1 saturated carbocycles. The highest BCUT2D eigenvalue weighted by Crippen LogP contribution is 2.52. The zero-order valence-electron chi connectivity index (χ0n) is 32.1. The number of rotatable bonds is 5. The van der Waals surface area contributed by atoms with Crippen molar-refractivity contribution >= 4 is 11.8 Å². The molecule has 0 saturated heterocycles. The summed E-state index contributed by atoms with van der Waals surface area (Å²) in [5.74, 6) is 2.31. The van der Waals surface area contributed by atoms with Gasteiger partial charge < -0.3 is 9.47 Å². The number of hydrogen-bond acceptors (Lipinski definition) is 3. The molecule has 1 aromatic heterocycles. The molecule has 9 aliphatic rings. The quantitative estimate of drug-likeness (QED) is 0.286.